The lowest BCUT2D eigenvalue weighted by Gasteiger charge is -2.21. The van der Waals surface area contributed by atoms with E-state index in [-0.39, 0.29) is 5.91 Å². The van der Waals surface area contributed by atoms with Crippen molar-refractivity contribution in [3.8, 4) is 0 Å². The molecule has 5 heteroatoms. The van der Waals surface area contributed by atoms with Crippen molar-refractivity contribution < 1.29 is 4.79 Å². The molecule has 20 heavy (non-hydrogen) atoms. The van der Waals surface area contributed by atoms with Gasteiger partial charge in [-0.1, -0.05) is 18.9 Å². The lowest BCUT2D eigenvalue weighted by Crippen LogP contribution is -2.31. The number of pyridine rings is 1. The van der Waals surface area contributed by atoms with Gasteiger partial charge in [-0.25, -0.2) is 4.98 Å². The van der Waals surface area contributed by atoms with Crippen LogP contribution >= 0.6 is 0 Å². The van der Waals surface area contributed by atoms with E-state index in [1.807, 2.05) is 12.3 Å². The maximum Gasteiger partial charge on any atom is 0.234 e. The van der Waals surface area contributed by atoms with Crippen molar-refractivity contribution >= 4 is 11.7 Å². The summed E-state index contributed by atoms with van der Waals surface area (Å²) < 4.78 is 0. The summed E-state index contributed by atoms with van der Waals surface area (Å²) in [4.78, 5) is 18.3. The number of rotatable bonds is 5. The molecule has 1 aromatic rings. The Balaban J connectivity index is 1.87. The molecule has 2 heterocycles. The van der Waals surface area contributed by atoms with E-state index in [1.165, 1.54) is 25.7 Å². The Morgan fingerprint density at radius 2 is 2.00 bits per heavy atom. The van der Waals surface area contributed by atoms with E-state index >= 15 is 0 Å². The quantitative estimate of drug-likeness (QED) is 0.851. The molecular formula is C15H24N4O. The number of nitrogens with one attached hydrogen (secondary N) is 2. The van der Waals surface area contributed by atoms with Crippen LogP contribution in [-0.2, 0) is 11.3 Å². The number of anilines is 1. The third-order valence-corrected chi connectivity index (χ3v) is 3.57. The van der Waals surface area contributed by atoms with Gasteiger partial charge in [0, 0.05) is 25.8 Å². The van der Waals surface area contributed by atoms with Crippen LogP contribution < -0.4 is 15.5 Å². The standard InChI is InChI=1S/C15H24N4O/c1-16-12-15(20)18-11-13-6-7-14(17-10-13)19-8-4-2-3-5-9-19/h6-7,10,16H,2-5,8-9,11-12H2,1H3,(H,18,20). The molecule has 0 spiro atoms. The van der Waals surface area contributed by atoms with Gasteiger partial charge < -0.3 is 15.5 Å². The number of carbonyl (C=O) groups excluding carboxylic acids is 1. The highest BCUT2D eigenvalue weighted by Crippen LogP contribution is 2.17. The summed E-state index contributed by atoms with van der Waals surface area (Å²) in [5, 5.41) is 5.68. The summed E-state index contributed by atoms with van der Waals surface area (Å²) in [5.41, 5.74) is 1.04. The zero-order valence-electron chi connectivity index (χ0n) is 12.2. The van der Waals surface area contributed by atoms with Crippen molar-refractivity contribution in [1.29, 1.82) is 0 Å². The Morgan fingerprint density at radius 3 is 2.60 bits per heavy atom. The van der Waals surface area contributed by atoms with Crippen molar-refractivity contribution in [3.63, 3.8) is 0 Å². The lowest BCUT2D eigenvalue weighted by atomic mass is 10.2. The zero-order valence-corrected chi connectivity index (χ0v) is 12.2. The molecule has 0 atom stereocenters. The smallest absolute Gasteiger partial charge is 0.234 e. The first-order chi connectivity index (χ1) is 9.79. The molecule has 110 valence electrons. The Bertz CT molecular complexity index is 410. The lowest BCUT2D eigenvalue weighted by molar-refractivity contribution is -0.120. The number of carbonyl (C=O) groups is 1. The van der Waals surface area contributed by atoms with Gasteiger partial charge in [0.2, 0.25) is 5.91 Å². The van der Waals surface area contributed by atoms with E-state index < -0.39 is 0 Å². The minimum Gasteiger partial charge on any atom is -0.357 e. The van der Waals surface area contributed by atoms with E-state index in [0.717, 1.165) is 24.5 Å². The third-order valence-electron chi connectivity index (χ3n) is 3.57. The number of hydrogen-bond acceptors (Lipinski definition) is 4. The molecule has 0 saturated carbocycles. The van der Waals surface area contributed by atoms with Gasteiger partial charge in [-0.3, -0.25) is 4.79 Å². The summed E-state index contributed by atoms with van der Waals surface area (Å²) in [6, 6.07) is 4.11. The molecule has 1 fully saturated rings. The zero-order chi connectivity index (χ0) is 14.2. The minimum absolute atomic E-state index is 0.00379. The van der Waals surface area contributed by atoms with E-state index in [0.29, 0.717) is 13.1 Å². The van der Waals surface area contributed by atoms with Crippen LogP contribution in [-0.4, -0.2) is 37.6 Å². The molecule has 2 rings (SSSR count). The number of nitrogens with zero attached hydrogens (tertiary/aromatic N) is 2. The van der Waals surface area contributed by atoms with Gasteiger partial charge in [0.25, 0.3) is 0 Å². The van der Waals surface area contributed by atoms with Crippen LogP contribution in [0, 0.1) is 0 Å². The summed E-state index contributed by atoms with van der Waals surface area (Å²) in [7, 11) is 1.76. The molecule has 1 aromatic heterocycles. The van der Waals surface area contributed by atoms with Gasteiger partial charge in [-0.2, -0.15) is 0 Å². The fourth-order valence-electron chi connectivity index (χ4n) is 2.43. The summed E-state index contributed by atoms with van der Waals surface area (Å²) in [6.45, 7) is 3.09. The molecule has 2 N–H and O–H groups in total. The molecule has 0 radical (unpaired) electrons. The second-order valence-electron chi connectivity index (χ2n) is 5.23. The highest BCUT2D eigenvalue weighted by atomic mass is 16.1. The molecule has 1 saturated heterocycles. The topological polar surface area (TPSA) is 57.3 Å². The first-order valence-electron chi connectivity index (χ1n) is 7.41. The third kappa shape index (κ3) is 4.49. The normalized spacial score (nSPS) is 15.8. The molecule has 0 bridgehead atoms. The van der Waals surface area contributed by atoms with Gasteiger partial charge in [0.1, 0.15) is 5.82 Å². The van der Waals surface area contributed by atoms with Crippen molar-refractivity contribution in [2.24, 2.45) is 0 Å². The van der Waals surface area contributed by atoms with Crippen LogP contribution in [0.15, 0.2) is 18.3 Å². The van der Waals surface area contributed by atoms with Gasteiger partial charge in [-0.05, 0) is 31.5 Å². The molecule has 1 amide bonds. The highest BCUT2D eigenvalue weighted by molar-refractivity contribution is 5.77. The Morgan fingerprint density at radius 1 is 1.25 bits per heavy atom. The molecule has 0 aliphatic carbocycles. The van der Waals surface area contributed by atoms with Crippen LogP contribution in [0.5, 0.6) is 0 Å². The first-order valence-corrected chi connectivity index (χ1v) is 7.41. The van der Waals surface area contributed by atoms with Crippen LogP contribution in [0.2, 0.25) is 0 Å². The van der Waals surface area contributed by atoms with Crippen molar-refractivity contribution in [3.05, 3.63) is 23.9 Å². The summed E-state index contributed by atoms with van der Waals surface area (Å²) >= 11 is 0. The van der Waals surface area contributed by atoms with E-state index in [9.17, 15) is 4.79 Å². The number of amides is 1. The fraction of sp³-hybridized carbons (Fsp3) is 0.600. The van der Waals surface area contributed by atoms with Gasteiger partial charge in [0.15, 0.2) is 0 Å². The first kappa shape index (κ1) is 14.8. The monoisotopic (exact) mass is 276 g/mol. The largest absolute Gasteiger partial charge is 0.357 e. The molecular weight excluding hydrogens is 252 g/mol. The van der Waals surface area contributed by atoms with Gasteiger partial charge >= 0.3 is 0 Å². The molecule has 0 aromatic carbocycles. The van der Waals surface area contributed by atoms with Crippen LogP contribution in [0.1, 0.15) is 31.2 Å². The van der Waals surface area contributed by atoms with E-state index in [4.69, 9.17) is 0 Å². The number of aromatic nitrogens is 1. The number of likely N-dealkylation sites (N-methyl/N-ethyl adjacent to an activating group) is 1. The SMILES string of the molecule is CNCC(=O)NCc1ccc(N2CCCCCC2)nc1. The highest BCUT2D eigenvalue weighted by Gasteiger charge is 2.10. The summed E-state index contributed by atoms with van der Waals surface area (Å²) in [6.07, 6.45) is 7.02. The van der Waals surface area contributed by atoms with Crippen molar-refractivity contribution in [2.45, 2.75) is 32.2 Å². The molecule has 0 unspecified atom stereocenters. The van der Waals surface area contributed by atoms with E-state index in [2.05, 4.69) is 26.6 Å². The molecule has 1 aliphatic rings. The second-order valence-corrected chi connectivity index (χ2v) is 5.23. The minimum atomic E-state index is 0.00379. The summed E-state index contributed by atoms with van der Waals surface area (Å²) in [5.74, 6) is 1.06. The Hall–Kier alpha value is -1.62. The van der Waals surface area contributed by atoms with Gasteiger partial charge in [0.05, 0.1) is 6.54 Å². The fourth-order valence-corrected chi connectivity index (χ4v) is 2.43. The van der Waals surface area contributed by atoms with Crippen LogP contribution in [0.4, 0.5) is 5.82 Å². The van der Waals surface area contributed by atoms with E-state index in [1.54, 1.807) is 7.05 Å². The van der Waals surface area contributed by atoms with Crippen LogP contribution in [0.25, 0.3) is 0 Å². The predicted octanol–water partition coefficient (Wildman–Crippen LogP) is 1.30. The predicted molar refractivity (Wildman–Crippen MR) is 80.7 cm³/mol. The Kier molecular flexibility index (Phi) is 5.80. The maximum atomic E-state index is 11.4. The van der Waals surface area contributed by atoms with Crippen molar-refractivity contribution in [2.75, 3.05) is 31.6 Å². The second kappa shape index (κ2) is 7.85. The molecule has 5 nitrogen and oxygen atoms in total. The van der Waals surface area contributed by atoms with Crippen molar-refractivity contribution in [1.82, 2.24) is 15.6 Å². The number of hydrogen-bond donors (Lipinski definition) is 2. The maximum absolute atomic E-state index is 11.4. The van der Waals surface area contributed by atoms with Crippen LogP contribution in [0.3, 0.4) is 0 Å². The average molecular weight is 276 g/mol. The van der Waals surface area contributed by atoms with Gasteiger partial charge in [-0.15, -0.1) is 0 Å². The molecule has 1 aliphatic heterocycles. The Labute approximate surface area is 120 Å². The average Bonchev–Trinajstić information content (AvgIpc) is 2.75.